The number of benzene rings is 1. The Morgan fingerprint density at radius 1 is 1.19 bits per heavy atom. The fraction of sp³-hybridized carbons (Fsp3) is 0.500. The van der Waals surface area contributed by atoms with Crippen LogP contribution in [0, 0.1) is 5.92 Å². The van der Waals surface area contributed by atoms with Crippen molar-refractivity contribution in [3.63, 3.8) is 0 Å². The molecule has 0 aromatic heterocycles. The van der Waals surface area contributed by atoms with Crippen LogP contribution in [-0.4, -0.2) is 44.8 Å². The summed E-state index contributed by atoms with van der Waals surface area (Å²) < 4.78 is 29.2. The van der Waals surface area contributed by atoms with Crippen LogP contribution in [0.5, 0.6) is 0 Å². The van der Waals surface area contributed by atoms with Gasteiger partial charge in [0, 0.05) is 24.3 Å². The minimum absolute atomic E-state index is 0.0350. The van der Waals surface area contributed by atoms with Crippen molar-refractivity contribution < 1.29 is 27.6 Å². The molecule has 0 bridgehead atoms. The van der Waals surface area contributed by atoms with E-state index in [1.807, 2.05) is 0 Å². The van der Waals surface area contributed by atoms with Gasteiger partial charge in [0.2, 0.25) is 0 Å². The number of esters is 1. The number of ketones is 1. The third kappa shape index (κ3) is 4.12. The highest BCUT2D eigenvalue weighted by Gasteiger charge is 2.36. The largest absolute Gasteiger partial charge is 0.464 e. The number of nitrogens with zero attached hydrogens (tertiary/aromatic N) is 1. The summed E-state index contributed by atoms with van der Waals surface area (Å²) in [6, 6.07) is 5.98. The molecule has 26 heavy (non-hydrogen) atoms. The molecule has 2 aliphatic rings. The van der Waals surface area contributed by atoms with Crippen LogP contribution in [-0.2, 0) is 29.0 Å². The molecule has 0 aliphatic heterocycles. The molecule has 1 aromatic carbocycles. The maximum atomic E-state index is 12.2. The number of hydrogen-bond donors (Lipinski definition) is 0. The van der Waals surface area contributed by atoms with Crippen LogP contribution in [0.4, 0.5) is 0 Å². The minimum atomic E-state index is -3.29. The number of methoxy groups -OCH3 is 1. The predicted octanol–water partition coefficient (Wildman–Crippen LogP) is 1.89. The van der Waals surface area contributed by atoms with Crippen LogP contribution in [0.2, 0.25) is 0 Å². The predicted molar refractivity (Wildman–Crippen MR) is 93.5 cm³/mol. The molecular weight excluding hydrogens is 358 g/mol. The average molecular weight is 379 g/mol. The number of sulfone groups is 1. The lowest BCUT2D eigenvalue weighted by Crippen LogP contribution is -2.18. The van der Waals surface area contributed by atoms with E-state index >= 15 is 0 Å². The molecule has 0 saturated heterocycles. The van der Waals surface area contributed by atoms with Crippen LogP contribution < -0.4 is 0 Å². The fourth-order valence-corrected chi connectivity index (χ4v) is 4.58. The van der Waals surface area contributed by atoms with Gasteiger partial charge in [-0.2, -0.15) is 0 Å². The van der Waals surface area contributed by atoms with Gasteiger partial charge >= 0.3 is 5.97 Å². The Labute approximate surface area is 152 Å². The SMILES string of the molecule is COC(=O)/C(=N/OC[C@H]1CCC(=O)C1)c1ccc(S(=O)(=O)C2CC2)cc1. The quantitative estimate of drug-likeness (QED) is 0.407. The molecule has 2 aliphatic carbocycles. The molecule has 7 nitrogen and oxygen atoms in total. The van der Waals surface area contributed by atoms with Crippen molar-refractivity contribution in [3.05, 3.63) is 29.8 Å². The van der Waals surface area contributed by atoms with Gasteiger partial charge in [0.15, 0.2) is 15.5 Å². The zero-order valence-electron chi connectivity index (χ0n) is 14.5. The monoisotopic (exact) mass is 379 g/mol. The van der Waals surface area contributed by atoms with E-state index in [1.165, 1.54) is 31.4 Å². The number of ether oxygens (including phenoxy) is 1. The van der Waals surface area contributed by atoms with Crippen LogP contribution in [0.3, 0.4) is 0 Å². The second kappa shape index (κ2) is 7.57. The van der Waals surface area contributed by atoms with Gasteiger partial charge in [-0.05, 0) is 31.4 Å². The third-order valence-corrected chi connectivity index (χ3v) is 6.89. The molecule has 0 spiro atoms. The molecule has 140 valence electrons. The van der Waals surface area contributed by atoms with Crippen molar-refractivity contribution in [2.24, 2.45) is 11.1 Å². The summed E-state index contributed by atoms with van der Waals surface area (Å²) >= 11 is 0. The molecular formula is C18H21NO6S. The summed E-state index contributed by atoms with van der Waals surface area (Å²) in [6.45, 7) is 0.250. The Hall–Kier alpha value is -2.22. The van der Waals surface area contributed by atoms with Crippen molar-refractivity contribution >= 4 is 27.3 Å². The van der Waals surface area contributed by atoms with E-state index in [2.05, 4.69) is 5.16 Å². The Morgan fingerprint density at radius 2 is 1.88 bits per heavy atom. The van der Waals surface area contributed by atoms with E-state index in [-0.39, 0.29) is 34.2 Å². The van der Waals surface area contributed by atoms with E-state index in [0.717, 1.165) is 6.42 Å². The summed E-state index contributed by atoms with van der Waals surface area (Å²) in [5.41, 5.74) is 0.376. The first-order chi connectivity index (χ1) is 12.4. The van der Waals surface area contributed by atoms with Gasteiger partial charge in [0.25, 0.3) is 0 Å². The lowest BCUT2D eigenvalue weighted by atomic mass is 10.1. The van der Waals surface area contributed by atoms with Crippen molar-refractivity contribution in [1.29, 1.82) is 0 Å². The Balaban J connectivity index is 1.73. The molecule has 8 heteroatoms. The van der Waals surface area contributed by atoms with Crippen molar-refractivity contribution in [2.45, 2.75) is 42.2 Å². The maximum Gasteiger partial charge on any atom is 0.360 e. The van der Waals surface area contributed by atoms with Gasteiger partial charge in [-0.1, -0.05) is 17.3 Å². The van der Waals surface area contributed by atoms with Crippen molar-refractivity contribution in [1.82, 2.24) is 0 Å². The lowest BCUT2D eigenvalue weighted by molar-refractivity contribution is -0.132. The standard InChI is InChI=1S/C18H21NO6S/c1-24-18(21)17(19-25-11-12-2-5-14(20)10-12)13-3-6-15(7-4-13)26(22,23)16-8-9-16/h3-4,6-7,12,16H,2,5,8-11H2,1H3/b19-17+/t12-/m0/s1. The second-order valence-electron chi connectivity index (χ2n) is 6.64. The van der Waals surface area contributed by atoms with Crippen LogP contribution in [0.1, 0.15) is 37.7 Å². The van der Waals surface area contributed by atoms with Crippen molar-refractivity contribution in [2.75, 3.05) is 13.7 Å². The number of carbonyl (C=O) groups is 2. The highest BCUT2D eigenvalue weighted by molar-refractivity contribution is 7.92. The molecule has 0 heterocycles. The van der Waals surface area contributed by atoms with Gasteiger partial charge in [-0.25, -0.2) is 13.2 Å². The lowest BCUT2D eigenvalue weighted by Gasteiger charge is -2.09. The number of hydrogen-bond acceptors (Lipinski definition) is 7. The van der Waals surface area contributed by atoms with Gasteiger partial charge in [0.1, 0.15) is 12.4 Å². The molecule has 2 saturated carbocycles. The van der Waals surface area contributed by atoms with Crippen LogP contribution in [0.15, 0.2) is 34.3 Å². The van der Waals surface area contributed by atoms with E-state index < -0.39 is 15.8 Å². The molecule has 3 rings (SSSR count). The zero-order valence-corrected chi connectivity index (χ0v) is 15.3. The van der Waals surface area contributed by atoms with Gasteiger partial charge < -0.3 is 9.57 Å². The smallest absolute Gasteiger partial charge is 0.360 e. The summed E-state index contributed by atoms with van der Waals surface area (Å²) in [5.74, 6) is -0.357. The van der Waals surface area contributed by atoms with E-state index in [4.69, 9.17) is 9.57 Å². The minimum Gasteiger partial charge on any atom is -0.464 e. The Kier molecular flexibility index (Phi) is 5.41. The van der Waals surface area contributed by atoms with Crippen LogP contribution in [0.25, 0.3) is 0 Å². The van der Waals surface area contributed by atoms with Crippen molar-refractivity contribution in [3.8, 4) is 0 Å². The van der Waals surface area contributed by atoms with E-state index in [1.54, 1.807) is 0 Å². The topological polar surface area (TPSA) is 99.1 Å². The number of oxime groups is 1. The van der Waals surface area contributed by atoms with Gasteiger partial charge in [-0.15, -0.1) is 0 Å². The molecule has 2 fully saturated rings. The molecule has 1 aromatic rings. The number of rotatable bonds is 7. The third-order valence-electron chi connectivity index (χ3n) is 4.61. The number of carbonyl (C=O) groups excluding carboxylic acids is 2. The molecule has 0 amide bonds. The van der Waals surface area contributed by atoms with Gasteiger partial charge in [-0.3, -0.25) is 4.79 Å². The average Bonchev–Trinajstić information content (AvgIpc) is 3.42. The first-order valence-corrected chi connectivity index (χ1v) is 10.1. The van der Waals surface area contributed by atoms with E-state index in [0.29, 0.717) is 31.2 Å². The molecule has 1 atom stereocenters. The zero-order chi connectivity index (χ0) is 18.7. The first kappa shape index (κ1) is 18.6. The number of Topliss-reactive ketones (excluding diaryl/α,β-unsaturated/α-hetero) is 1. The summed E-state index contributed by atoms with van der Waals surface area (Å²) in [7, 11) is -2.05. The molecule has 0 radical (unpaired) electrons. The summed E-state index contributed by atoms with van der Waals surface area (Å²) in [5, 5.41) is 3.58. The molecule has 0 unspecified atom stereocenters. The second-order valence-corrected chi connectivity index (χ2v) is 8.87. The summed E-state index contributed by atoms with van der Waals surface area (Å²) in [6.07, 6.45) is 3.16. The Bertz CT molecular complexity index is 824. The first-order valence-electron chi connectivity index (χ1n) is 8.56. The van der Waals surface area contributed by atoms with Gasteiger partial charge in [0.05, 0.1) is 17.3 Å². The fourth-order valence-electron chi connectivity index (χ4n) is 2.92. The normalized spacial score (nSPS) is 20.9. The van der Waals surface area contributed by atoms with Crippen LogP contribution >= 0.6 is 0 Å². The highest BCUT2D eigenvalue weighted by atomic mass is 32.2. The highest BCUT2D eigenvalue weighted by Crippen LogP contribution is 2.33. The maximum absolute atomic E-state index is 12.2. The Morgan fingerprint density at radius 3 is 2.42 bits per heavy atom. The van der Waals surface area contributed by atoms with E-state index in [9.17, 15) is 18.0 Å². The summed E-state index contributed by atoms with van der Waals surface area (Å²) in [4.78, 5) is 28.8. The molecule has 0 N–H and O–H groups in total.